The predicted octanol–water partition coefficient (Wildman–Crippen LogP) is 3.33. The molecular weight excluding hydrogens is 234 g/mol. The van der Waals surface area contributed by atoms with Crippen LogP contribution in [0.15, 0.2) is 12.1 Å². The number of aromatic nitrogens is 1. The smallest absolute Gasteiger partial charge is 0.153 e. The molecule has 3 nitrogen and oxygen atoms in total. The molecule has 17 heavy (non-hydrogen) atoms. The van der Waals surface area contributed by atoms with Crippen molar-refractivity contribution in [2.24, 2.45) is 5.92 Å². The summed E-state index contributed by atoms with van der Waals surface area (Å²) in [6.45, 7) is 5.49. The first kappa shape index (κ1) is 12.5. The van der Waals surface area contributed by atoms with Crippen molar-refractivity contribution in [2.45, 2.75) is 39.2 Å². The summed E-state index contributed by atoms with van der Waals surface area (Å²) in [6, 6.07) is 4.20. The van der Waals surface area contributed by atoms with Crippen LogP contribution in [0.5, 0.6) is 0 Å². The normalized spacial score (nSPS) is 15.3. The van der Waals surface area contributed by atoms with E-state index in [1.807, 2.05) is 6.07 Å². The van der Waals surface area contributed by atoms with Gasteiger partial charge in [0.05, 0.1) is 5.69 Å². The summed E-state index contributed by atoms with van der Waals surface area (Å²) in [4.78, 5) is 6.70. The molecule has 0 unspecified atom stereocenters. The molecule has 0 amide bonds. The van der Waals surface area contributed by atoms with Crippen LogP contribution in [-0.2, 0) is 0 Å². The first-order chi connectivity index (χ1) is 8.08. The first-order valence-electron chi connectivity index (χ1n) is 6.26. The molecule has 1 aromatic rings. The van der Waals surface area contributed by atoms with Crippen molar-refractivity contribution in [1.29, 1.82) is 0 Å². The van der Waals surface area contributed by atoms with E-state index in [1.54, 1.807) is 6.07 Å². The molecule has 0 atom stereocenters. The second kappa shape index (κ2) is 5.13. The van der Waals surface area contributed by atoms with E-state index in [0.29, 0.717) is 17.1 Å². The zero-order chi connectivity index (χ0) is 12.4. The molecule has 0 aromatic carbocycles. The molecule has 1 fully saturated rings. The van der Waals surface area contributed by atoms with Crippen LogP contribution in [0.3, 0.4) is 0 Å². The Bertz CT molecular complexity index is 388. The van der Waals surface area contributed by atoms with Crippen molar-refractivity contribution in [2.75, 3.05) is 17.2 Å². The fourth-order valence-electron chi connectivity index (χ4n) is 1.91. The number of pyridine rings is 1. The summed E-state index contributed by atoms with van der Waals surface area (Å²) >= 11 is 5.96. The van der Waals surface area contributed by atoms with Gasteiger partial charge < -0.3 is 10.6 Å². The number of nitrogens with zero attached hydrogens (tertiary/aromatic N) is 2. The molecule has 0 saturated heterocycles. The van der Waals surface area contributed by atoms with Gasteiger partial charge in [-0.05, 0) is 37.3 Å². The maximum Gasteiger partial charge on any atom is 0.153 e. The van der Waals surface area contributed by atoms with Gasteiger partial charge in [-0.25, -0.2) is 4.98 Å². The number of nitrogens with two attached hydrogens (primary N) is 1. The van der Waals surface area contributed by atoms with Crippen LogP contribution in [0.4, 0.5) is 11.5 Å². The van der Waals surface area contributed by atoms with E-state index in [9.17, 15) is 0 Å². The molecule has 1 aliphatic carbocycles. The van der Waals surface area contributed by atoms with Gasteiger partial charge in [0.1, 0.15) is 5.15 Å². The molecule has 2 rings (SSSR count). The average molecular weight is 254 g/mol. The number of anilines is 2. The lowest BCUT2D eigenvalue weighted by atomic mass is 10.1. The summed E-state index contributed by atoms with van der Waals surface area (Å²) in [7, 11) is 0. The highest BCUT2D eigenvalue weighted by Gasteiger charge is 2.30. The van der Waals surface area contributed by atoms with Crippen molar-refractivity contribution in [3.05, 3.63) is 17.3 Å². The number of halogens is 1. The van der Waals surface area contributed by atoms with Gasteiger partial charge in [-0.15, -0.1) is 0 Å². The standard InChI is InChI=1S/C13H20ClN3/c1-9(2)7-8-17(10-3-4-10)13-11(15)5-6-12(14)16-13/h5-6,9-10H,3-4,7-8,15H2,1-2H3. The van der Waals surface area contributed by atoms with Crippen LogP contribution >= 0.6 is 11.6 Å². The second-order valence-corrected chi connectivity index (χ2v) is 5.54. The number of hydrogen-bond donors (Lipinski definition) is 1. The zero-order valence-corrected chi connectivity index (χ0v) is 11.2. The highest BCUT2D eigenvalue weighted by atomic mass is 35.5. The van der Waals surface area contributed by atoms with Crippen molar-refractivity contribution >= 4 is 23.1 Å². The van der Waals surface area contributed by atoms with Crippen LogP contribution in [0.2, 0.25) is 5.15 Å². The summed E-state index contributed by atoms with van der Waals surface area (Å²) in [5.74, 6) is 1.55. The fourth-order valence-corrected chi connectivity index (χ4v) is 2.05. The molecule has 1 heterocycles. The van der Waals surface area contributed by atoms with Crippen LogP contribution in [-0.4, -0.2) is 17.6 Å². The Hall–Kier alpha value is -0.960. The van der Waals surface area contributed by atoms with Crippen molar-refractivity contribution in [3.63, 3.8) is 0 Å². The third kappa shape index (κ3) is 3.25. The minimum Gasteiger partial charge on any atom is -0.396 e. The minimum absolute atomic E-state index is 0.518. The molecule has 0 bridgehead atoms. The van der Waals surface area contributed by atoms with Gasteiger partial charge in [0.15, 0.2) is 5.82 Å². The molecule has 0 spiro atoms. The summed E-state index contributed by atoms with van der Waals surface area (Å²) in [5.41, 5.74) is 6.73. The van der Waals surface area contributed by atoms with Gasteiger partial charge in [0, 0.05) is 12.6 Å². The van der Waals surface area contributed by atoms with Crippen LogP contribution in [0.25, 0.3) is 0 Å². The third-order valence-corrected chi connectivity index (χ3v) is 3.29. The van der Waals surface area contributed by atoms with Crippen molar-refractivity contribution in [3.8, 4) is 0 Å². The summed E-state index contributed by atoms with van der Waals surface area (Å²) in [6.07, 6.45) is 3.64. The molecule has 94 valence electrons. The second-order valence-electron chi connectivity index (χ2n) is 5.15. The van der Waals surface area contributed by atoms with E-state index in [2.05, 4.69) is 23.7 Å². The molecule has 1 aromatic heterocycles. The Balaban J connectivity index is 2.16. The highest BCUT2D eigenvalue weighted by molar-refractivity contribution is 6.29. The number of rotatable bonds is 5. The topological polar surface area (TPSA) is 42.2 Å². The first-order valence-corrected chi connectivity index (χ1v) is 6.64. The van der Waals surface area contributed by atoms with E-state index in [0.717, 1.165) is 24.5 Å². The average Bonchev–Trinajstić information content (AvgIpc) is 3.07. The maximum absolute atomic E-state index is 6.00. The Morgan fingerprint density at radius 2 is 2.18 bits per heavy atom. The van der Waals surface area contributed by atoms with E-state index in [1.165, 1.54) is 12.8 Å². The Morgan fingerprint density at radius 1 is 1.47 bits per heavy atom. The minimum atomic E-state index is 0.518. The molecule has 0 aliphatic heterocycles. The SMILES string of the molecule is CC(C)CCN(c1nc(Cl)ccc1N)C1CC1. The molecule has 2 N–H and O–H groups in total. The lowest BCUT2D eigenvalue weighted by molar-refractivity contribution is 0.569. The summed E-state index contributed by atoms with van der Waals surface area (Å²) < 4.78 is 0. The van der Waals surface area contributed by atoms with Crippen LogP contribution in [0.1, 0.15) is 33.1 Å². The predicted molar refractivity (Wildman–Crippen MR) is 73.5 cm³/mol. The molecule has 4 heteroatoms. The van der Waals surface area contributed by atoms with E-state index < -0.39 is 0 Å². The lowest BCUT2D eigenvalue weighted by Crippen LogP contribution is -2.29. The maximum atomic E-state index is 6.00. The quantitative estimate of drug-likeness (QED) is 0.819. The molecule has 0 radical (unpaired) electrons. The fraction of sp³-hybridized carbons (Fsp3) is 0.615. The van der Waals surface area contributed by atoms with Gasteiger partial charge in [-0.1, -0.05) is 25.4 Å². The van der Waals surface area contributed by atoms with Crippen LogP contribution < -0.4 is 10.6 Å². The summed E-state index contributed by atoms with van der Waals surface area (Å²) in [5, 5.41) is 0.518. The van der Waals surface area contributed by atoms with Gasteiger partial charge >= 0.3 is 0 Å². The number of nitrogen functional groups attached to an aromatic ring is 1. The van der Waals surface area contributed by atoms with Crippen molar-refractivity contribution < 1.29 is 0 Å². The molecule has 1 aliphatic rings. The monoisotopic (exact) mass is 253 g/mol. The Labute approximate surface area is 108 Å². The van der Waals surface area contributed by atoms with Gasteiger partial charge in [-0.3, -0.25) is 0 Å². The third-order valence-electron chi connectivity index (χ3n) is 3.08. The van der Waals surface area contributed by atoms with E-state index in [4.69, 9.17) is 17.3 Å². The molecule has 1 saturated carbocycles. The Morgan fingerprint density at radius 3 is 2.76 bits per heavy atom. The van der Waals surface area contributed by atoms with Crippen molar-refractivity contribution in [1.82, 2.24) is 4.98 Å². The van der Waals surface area contributed by atoms with Gasteiger partial charge in [0.2, 0.25) is 0 Å². The number of hydrogen-bond acceptors (Lipinski definition) is 3. The van der Waals surface area contributed by atoms with Crippen LogP contribution in [0, 0.1) is 5.92 Å². The lowest BCUT2D eigenvalue weighted by Gasteiger charge is -2.25. The largest absolute Gasteiger partial charge is 0.396 e. The van der Waals surface area contributed by atoms with Gasteiger partial charge in [-0.2, -0.15) is 0 Å². The zero-order valence-electron chi connectivity index (χ0n) is 10.5. The molecular formula is C13H20ClN3. The van der Waals surface area contributed by atoms with Gasteiger partial charge in [0.25, 0.3) is 0 Å². The highest BCUT2D eigenvalue weighted by Crippen LogP contribution is 2.34. The van der Waals surface area contributed by atoms with E-state index in [-0.39, 0.29) is 0 Å². The van der Waals surface area contributed by atoms with E-state index >= 15 is 0 Å². The Kier molecular flexibility index (Phi) is 3.77.